The van der Waals surface area contributed by atoms with Crippen molar-refractivity contribution in [1.82, 2.24) is 4.98 Å². The van der Waals surface area contributed by atoms with Gasteiger partial charge in [0.1, 0.15) is 10.8 Å². The van der Waals surface area contributed by atoms with Crippen LogP contribution in [0.1, 0.15) is 27.2 Å². The van der Waals surface area contributed by atoms with Crippen LogP contribution in [0.25, 0.3) is 6.08 Å². The molecule has 4 heteroatoms. The number of nitrogens with zero attached hydrogens (tertiary/aromatic N) is 1. The molecule has 1 aliphatic rings. The molecule has 0 atom stereocenters. The zero-order chi connectivity index (χ0) is 15.0. The highest BCUT2D eigenvalue weighted by Gasteiger charge is 2.29. The Bertz CT molecular complexity index is 748. The minimum Gasteiger partial charge on any atom is -0.497 e. The van der Waals surface area contributed by atoms with E-state index < -0.39 is 0 Å². The van der Waals surface area contributed by atoms with E-state index in [0.717, 1.165) is 38.1 Å². The Morgan fingerprint density at radius 3 is 2.57 bits per heavy atom. The minimum atomic E-state index is 0.0656. The number of fused-ring (bicyclic) bond motifs is 1. The Kier molecular flexibility index (Phi) is 3.55. The topological polar surface area (TPSA) is 39.2 Å². The number of ether oxygens (including phenoxy) is 1. The van der Waals surface area contributed by atoms with Crippen molar-refractivity contribution in [1.29, 1.82) is 0 Å². The Hall–Kier alpha value is -2.07. The fourth-order valence-electron chi connectivity index (χ4n) is 2.37. The Labute approximate surface area is 128 Å². The number of aryl methyl sites for hydroxylation is 2. The number of methoxy groups -OCH3 is 1. The molecule has 0 unspecified atom stereocenters. The molecule has 3 rings (SSSR count). The lowest BCUT2D eigenvalue weighted by atomic mass is 10.1. The van der Waals surface area contributed by atoms with Crippen LogP contribution in [0.4, 0.5) is 0 Å². The van der Waals surface area contributed by atoms with E-state index in [-0.39, 0.29) is 5.78 Å². The molecule has 0 radical (unpaired) electrons. The highest BCUT2D eigenvalue weighted by Crippen LogP contribution is 2.41. The molecule has 2 heterocycles. The van der Waals surface area contributed by atoms with Crippen LogP contribution in [0.3, 0.4) is 0 Å². The number of benzene rings is 1. The summed E-state index contributed by atoms with van der Waals surface area (Å²) in [6, 6.07) is 9.60. The maximum Gasteiger partial charge on any atom is 0.202 e. The minimum absolute atomic E-state index is 0.0656. The molecular formula is C17H15NO2S. The number of aromatic nitrogens is 1. The van der Waals surface area contributed by atoms with Gasteiger partial charge in [0.15, 0.2) is 0 Å². The zero-order valence-corrected chi connectivity index (χ0v) is 13.0. The summed E-state index contributed by atoms with van der Waals surface area (Å²) in [6.07, 6.45) is 1.91. The van der Waals surface area contributed by atoms with Crippen LogP contribution in [-0.4, -0.2) is 17.9 Å². The molecule has 21 heavy (non-hydrogen) atoms. The van der Waals surface area contributed by atoms with E-state index in [1.165, 1.54) is 11.8 Å². The predicted molar refractivity (Wildman–Crippen MR) is 84.9 cm³/mol. The number of carbonyl (C=O) groups excluding carboxylic acids is 1. The van der Waals surface area contributed by atoms with Crippen molar-refractivity contribution in [2.24, 2.45) is 0 Å². The predicted octanol–water partition coefficient (Wildman–Crippen LogP) is 4.04. The van der Waals surface area contributed by atoms with Crippen molar-refractivity contribution in [2.75, 3.05) is 7.11 Å². The first-order valence-corrected chi connectivity index (χ1v) is 7.46. The number of carbonyl (C=O) groups is 1. The van der Waals surface area contributed by atoms with Gasteiger partial charge in [-0.25, -0.2) is 4.98 Å². The van der Waals surface area contributed by atoms with Gasteiger partial charge in [-0.05, 0) is 49.2 Å². The van der Waals surface area contributed by atoms with E-state index >= 15 is 0 Å². The lowest BCUT2D eigenvalue weighted by Gasteiger charge is -2.01. The molecule has 0 N–H and O–H groups in total. The molecule has 1 aromatic carbocycles. The second-order valence-electron chi connectivity index (χ2n) is 4.97. The SMILES string of the molecule is COc1ccc(/C=C2\Sc3nc(C)cc(C)c3C2=O)cc1. The van der Waals surface area contributed by atoms with Crippen LogP contribution >= 0.6 is 11.8 Å². The summed E-state index contributed by atoms with van der Waals surface area (Å²) < 4.78 is 5.14. The maximum absolute atomic E-state index is 12.5. The van der Waals surface area contributed by atoms with Crippen molar-refractivity contribution in [3.63, 3.8) is 0 Å². The van der Waals surface area contributed by atoms with Gasteiger partial charge in [0.25, 0.3) is 0 Å². The molecule has 106 valence electrons. The summed E-state index contributed by atoms with van der Waals surface area (Å²) in [7, 11) is 1.64. The summed E-state index contributed by atoms with van der Waals surface area (Å²) in [5.41, 5.74) is 3.66. The van der Waals surface area contributed by atoms with Gasteiger partial charge in [-0.1, -0.05) is 23.9 Å². The summed E-state index contributed by atoms with van der Waals surface area (Å²) in [5, 5.41) is 0.817. The first-order chi connectivity index (χ1) is 10.1. The van der Waals surface area contributed by atoms with E-state index in [0.29, 0.717) is 0 Å². The molecule has 0 bridgehead atoms. The van der Waals surface area contributed by atoms with Gasteiger partial charge < -0.3 is 4.74 Å². The standard InChI is InChI=1S/C17H15NO2S/c1-10-8-11(2)18-17-15(10)16(19)14(21-17)9-12-4-6-13(20-3)7-5-12/h4-9H,1-3H3/b14-9-. The smallest absolute Gasteiger partial charge is 0.202 e. The Balaban J connectivity index is 1.96. The fraction of sp³-hybridized carbons (Fsp3) is 0.176. The second-order valence-corrected chi connectivity index (χ2v) is 6.00. The van der Waals surface area contributed by atoms with Crippen LogP contribution in [0, 0.1) is 13.8 Å². The number of pyridine rings is 1. The van der Waals surface area contributed by atoms with Crippen LogP contribution < -0.4 is 4.74 Å². The average Bonchev–Trinajstić information content (AvgIpc) is 2.76. The van der Waals surface area contributed by atoms with Gasteiger partial charge in [0, 0.05) is 5.69 Å². The fourth-order valence-corrected chi connectivity index (χ4v) is 3.52. The first kappa shape index (κ1) is 13.9. The van der Waals surface area contributed by atoms with Gasteiger partial charge in [0.05, 0.1) is 17.6 Å². The van der Waals surface area contributed by atoms with Crippen LogP contribution in [0.5, 0.6) is 5.75 Å². The van der Waals surface area contributed by atoms with Crippen molar-refractivity contribution < 1.29 is 9.53 Å². The average molecular weight is 297 g/mol. The maximum atomic E-state index is 12.5. The lowest BCUT2D eigenvalue weighted by Crippen LogP contribution is -1.99. The van der Waals surface area contributed by atoms with Crippen LogP contribution in [-0.2, 0) is 0 Å². The van der Waals surface area contributed by atoms with E-state index in [1.54, 1.807) is 7.11 Å². The lowest BCUT2D eigenvalue weighted by molar-refractivity contribution is 0.104. The van der Waals surface area contributed by atoms with Crippen LogP contribution in [0.2, 0.25) is 0 Å². The van der Waals surface area contributed by atoms with Crippen molar-refractivity contribution in [3.05, 3.63) is 57.6 Å². The molecule has 2 aromatic rings. The third kappa shape index (κ3) is 2.59. The van der Waals surface area contributed by atoms with Crippen LogP contribution in [0.15, 0.2) is 40.3 Å². The van der Waals surface area contributed by atoms with E-state index in [2.05, 4.69) is 4.98 Å². The normalized spacial score (nSPS) is 15.4. The number of hydrogen-bond acceptors (Lipinski definition) is 4. The highest BCUT2D eigenvalue weighted by atomic mass is 32.2. The van der Waals surface area contributed by atoms with E-state index in [4.69, 9.17) is 4.74 Å². The monoisotopic (exact) mass is 297 g/mol. The second kappa shape index (κ2) is 5.37. The summed E-state index contributed by atoms with van der Waals surface area (Å²) in [6.45, 7) is 3.91. The number of ketones is 1. The molecule has 3 nitrogen and oxygen atoms in total. The van der Waals surface area contributed by atoms with E-state index in [9.17, 15) is 4.79 Å². The highest BCUT2D eigenvalue weighted by molar-refractivity contribution is 8.04. The van der Waals surface area contributed by atoms with Crippen molar-refractivity contribution >= 4 is 23.6 Å². The van der Waals surface area contributed by atoms with Crippen molar-refractivity contribution in [3.8, 4) is 5.75 Å². The number of rotatable bonds is 2. The molecule has 0 fully saturated rings. The molecule has 1 aromatic heterocycles. The quantitative estimate of drug-likeness (QED) is 0.784. The molecule has 0 amide bonds. The first-order valence-electron chi connectivity index (χ1n) is 6.65. The third-order valence-corrected chi connectivity index (χ3v) is 4.39. The number of thioether (sulfide) groups is 1. The van der Waals surface area contributed by atoms with Gasteiger partial charge in [-0.2, -0.15) is 0 Å². The third-order valence-electron chi connectivity index (χ3n) is 3.38. The molecule has 0 aliphatic carbocycles. The number of hydrogen-bond donors (Lipinski definition) is 0. The number of Topliss-reactive ketones (excluding diaryl/α,β-unsaturated/α-hetero) is 1. The molecule has 1 aliphatic heterocycles. The van der Waals surface area contributed by atoms with Gasteiger partial charge in [-0.3, -0.25) is 4.79 Å². The molecule has 0 spiro atoms. The summed E-state index contributed by atoms with van der Waals surface area (Å²) in [4.78, 5) is 17.7. The van der Waals surface area contributed by atoms with Gasteiger partial charge >= 0.3 is 0 Å². The van der Waals surface area contributed by atoms with Gasteiger partial charge in [-0.15, -0.1) is 0 Å². The summed E-state index contributed by atoms with van der Waals surface area (Å²) >= 11 is 1.45. The molecular weight excluding hydrogens is 282 g/mol. The zero-order valence-electron chi connectivity index (χ0n) is 12.1. The van der Waals surface area contributed by atoms with E-state index in [1.807, 2.05) is 50.3 Å². The number of allylic oxidation sites excluding steroid dienone is 1. The Morgan fingerprint density at radius 1 is 1.19 bits per heavy atom. The molecule has 0 saturated carbocycles. The Morgan fingerprint density at radius 2 is 1.90 bits per heavy atom. The molecule has 0 saturated heterocycles. The summed E-state index contributed by atoms with van der Waals surface area (Å²) in [5.74, 6) is 0.870. The largest absolute Gasteiger partial charge is 0.497 e. The van der Waals surface area contributed by atoms with Gasteiger partial charge in [0.2, 0.25) is 5.78 Å². The van der Waals surface area contributed by atoms with Crippen molar-refractivity contribution in [2.45, 2.75) is 18.9 Å².